The second-order valence-corrected chi connectivity index (χ2v) is 4.15. The molecule has 0 aliphatic rings. The van der Waals surface area contributed by atoms with Crippen LogP contribution in [0.2, 0.25) is 0 Å². The van der Waals surface area contributed by atoms with Gasteiger partial charge in [-0.05, 0) is 44.0 Å². The van der Waals surface area contributed by atoms with Crippen LogP contribution in [0, 0.1) is 0 Å². The molecule has 1 atom stereocenters. The zero-order valence-electron chi connectivity index (χ0n) is 9.44. The number of carbonyl (C=O) groups is 1. The molecule has 1 unspecified atom stereocenters. The fraction of sp³-hybridized carbons (Fsp3) is 0.417. The third-order valence-corrected chi connectivity index (χ3v) is 2.90. The zero-order chi connectivity index (χ0) is 12.2. The number of aliphatic carboxylic acids is 1. The monoisotopic (exact) mass is 222 g/mol. The molecule has 0 aliphatic heterocycles. The van der Waals surface area contributed by atoms with Gasteiger partial charge in [0.15, 0.2) is 0 Å². The topological polar surface area (TPSA) is 89.3 Å². The van der Waals surface area contributed by atoms with Gasteiger partial charge in [0.1, 0.15) is 0 Å². The number of hydrogen-bond donors (Lipinski definition) is 3. The maximum atomic E-state index is 11.3. The number of nitrogen functional groups attached to an aromatic ring is 1. The van der Waals surface area contributed by atoms with Gasteiger partial charge < -0.3 is 16.6 Å². The summed E-state index contributed by atoms with van der Waals surface area (Å²) in [6.07, 6.45) is 1.22. The Morgan fingerprint density at radius 1 is 1.38 bits per heavy atom. The third-order valence-electron chi connectivity index (χ3n) is 2.90. The molecular weight excluding hydrogens is 204 g/mol. The molecule has 0 aromatic heterocycles. The highest BCUT2D eigenvalue weighted by Gasteiger charge is 2.34. The molecule has 4 nitrogen and oxygen atoms in total. The highest BCUT2D eigenvalue weighted by molar-refractivity contribution is 5.81. The Kier molecular flexibility index (Phi) is 3.90. The van der Waals surface area contributed by atoms with Crippen molar-refractivity contribution >= 4 is 11.7 Å². The number of carboxylic acid groups (broad SMARTS) is 1. The molecule has 0 spiro atoms. The van der Waals surface area contributed by atoms with Crippen LogP contribution >= 0.6 is 0 Å². The number of anilines is 1. The summed E-state index contributed by atoms with van der Waals surface area (Å²) in [5.74, 6) is -0.828. The van der Waals surface area contributed by atoms with E-state index in [2.05, 4.69) is 0 Å². The average Bonchev–Trinajstić information content (AvgIpc) is 2.26. The van der Waals surface area contributed by atoms with Gasteiger partial charge in [-0.1, -0.05) is 12.1 Å². The van der Waals surface area contributed by atoms with Crippen LogP contribution in [0.4, 0.5) is 5.69 Å². The van der Waals surface area contributed by atoms with Crippen molar-refractivity contribution in [1.29, 1.82) is 0 Å². The fourth-order valence-electron chi connectivity index (χ4n) is 1.68. The van der Waals surface area contributed by atoms with E-state index in [0.29, 0.717) is 25.1 Å². The molecule has 16 heavy (non-hydrogen) atoms. The minimum atomic E-state index is -0.882. The first-order chi connectivity index (χ1) is 7.50. The summed E-state index contributed by atoms with van der Waals surface area (Å²) in [6, 6.07) is 6.97. The summed E-state index contributed by atoms with van der Waals surface area (Å²) in [5.41, 5.74) is 11.5. The van der Waals surface area contributed by atoms with E-state index >= 15 is 0 Å². The van der Waals surface area contributed by atoms with Crippen LogP contribution in [0.25, 0.3) is 0 Å². The standard InChI is InChI=1S/C12H18N2O2/c1-12(11(15)16,7-2-8-13)9-3-5-10(14)6-4-9/h3-6H,2,7-8,13-14H2,1H3,(H,15,16). The summed E-state index contributed by atoms with van der Waals surface area (Å²) in [4.78, 5) is 11.3. The van der Waals surface area contributed by atoms with E-state index in [1.165, 1.54) is 0 Å². The summed E-state index contributed by atoms with van der Waals surface area (Å²) in [6.45, 7) is 2.22. The normalized spacial score (nSPS) is 14.4. The van der Waals surface area contributed by atoms with Gasteiger partial charge in [-0.3, -0.25) is 4.79 Å². The maximum Gasteiger partial charge on any atom is 0.313 e. The van der Waals surface area contributed by atoms with Crippen molar-refractivity contribution in [3.05, 3.63) is 29.8 Å². The molecule has 1 rings (SSSR count). The number of rotatable bonds is 5. The molecule has 0 amide bonds. The van der Waals surface area contributed by atoms with Crippen molar-refractivity contribution in [2.24, 2.45) is 5.73 Å². The quantitative estimate of drug-likeness (QED) is 0.656. The first-order valence-corrected chi connectivity index (χ1v) is 5.30. The predicted molar refractivity (Wildman–Crippen MR) is 64.1 cm³/mol. The van der Waals surface area contributed by atoms with Gasteiger partial charge in [0.05, 0.1) is 5.41 Å². The van der Waals surface area contributed by atoms with Crippen molar-refractivity contribution in [3.63, 3.8) is 0 Å². The molecule has 0 saturated heterocycles. The third kappa shape index (κ3) is 2.52. The lowest BCUT2D eigenvalue weighted by Crippen LogP contribution is -2.33. The van der Waals surface area contributed by atoms with Crippen molar-refractivity contribution in [2.45, 2.75) is 25.2 Å². The maximum absolute atomic E-state index is 11.3. The van der Waals surface area contributed by atoms with E-state index in [9.17, 15) is 9.90 Å². The van der Waals surface area contributed by atoms with Gasteiger partial charge in [-0.2, -0.15) is 0 Å². The smallest absolute Gasteiger partial charge is 0.313 e. The fourth-order valence-corrected chi connectivity index (χ4v) is 1.68. The molecule has 0 fully saturated rings. The lowest BCUT2D eigenvalue weighted by molar-refractivity contribution is -0.143. The predicted octanol–water partition coefficient (Wildman–Crippen LogP) is 1.35. The van der Waals surface area contributed by atoms with Gasteiger partial charge in [-0.15, -0.1) is 0 Å². The lowest BCUT2D eigenvalue weighted by Gasteiger charge is -2.25. The van der Waals surface area contributed by atoms with E-state index in [4.69, 9.17) is 11.5 Å². The van der Waals surface area contributed by atoms with E-state index in [0.717, 1.165) is 5.56 Å². The van der Waals surface area contributed by atoms with Crippen LogP contribution in [0.15, 0.2) is 24.3 Å². The minimum Gasteiger partial charge on any atom is -0.481 e. The Balaban J connectivity index is 3.01. The molecule has 0 saturated carbocycles. The van der Waals surface area contributed by atoms with Gasteiger partial charge in [0, 0.05) is 5.69 Å². The number of benzene rings is 1. The molecule has 1 aromatic rings. The van der Waals surface area contributed by atoms with Crippen LogP contribution in [-0.2, 0) is 10.2 Å². The first kappa shape index (κ1) is 12.5. The minimum absolute atomic E-state index is 0.498. The zero-order valence-corrected chi connectivity index (χ0v) is 9.44. The summed E-state index contributed by atoms with van der Waals surface area (Å²) < 4.78 is 0. The van der Waals surface area contributed by atoms with E-state index < -0.39 is 11.4 Å². The lowest BCUT2D eigenvalue weighted by atomic mass is 9.78. The van der Waals surface area contributed by atoms with E-state index in [1.807, 2.05) is 0 Å². The van der Waals surface area contributed by atoms with Gasteiger partial charge in [-0.25, -0.2) is 0 Å². The van der Waals surface area contributed by atoms with Crippen molar-refractivity contribution < 1.29 is 9.90 Å². The van der Waals surface area contributed by atoms with Crippen LogP contribution in [0.5, 0.6) is 0 Å². The van der Waals surface area contributed by atoms with Crippen LogP contribution in [-0.4, -0.2) is 17.6 Å². The van der Waals surface area contributed by atoms with Crippen LogP contribution in [0.3, 0.4) is 0 Å². The van der Waals surface area contributed by atoms with Gasteiger partial charge >= 0.3 is 5.97 Å². The number of nitrogens with two attached hydrogens (primary N) is 2. The molecular formula is C12H18N2O2. The van der Waals surface area contributed by atoms with Crippen LogP contribution in [0.1, 0.15) is 25.3 Å². The summed E-state index contributed by atoms with van der Waals surface area (Å²) in [5, 5.41) is 9.31. The molecule has 0 aliphatic carbocycles. The number of hydrogen-bond acceptors (Lipinski definition) is 3. The molecule has 4 heteroatoms. The highest BCUT2D eigenvalue weighted by Crippen LogP contribution is 2.29. The molecule has 0 heterocycles. The summed E-state index contributed by atoms with van der Waals surface area (Å²) in [7, 11) is 0. The van der Waals surface area contributed by atoms with Crippen molar-refractivity contribution in [3.8, 4) is 0 Å². The Morgan fingerprint density at radius 3 is 2.38 bits per heavy atom. The van der Waals surface area contributed by atoms with Crippen LogP contribution < -0.4 is 11.5 Å². The van der Waals surface area contributed by atoms with E-state index in [-0.39, 0.29) is 0 Å². The van der Waals surface area contributed by atoms with E-state index in [1.54, 1.807) is 31.2 Å². The molecule has 88 valence electrons. The van der Waals surface area contributed by atoms with Gasteiger partial charge in [0.25, 0.3) is 0 Å². The van der Waals surface area contributed by atoms with Crippen molar-refractivity contribution in [1.82, 2.24) is 0 Å². The SMILES string of the molecule is CC(CCCN)(C(=O)O)c1ccc(N)cc1. The second kappa shape index (κ2) is 4.99. The van der Waals surface area contributed by atoms with Crippen molar-refractivity contribution in [2.75, 3.05) is 12.3 Å². The highest BCUT2D eigenvalue weighted by atomic mass is 16.4. The Labute approximate surface area is 95.3 Å². The molecule has 0 bridgehead atoms. The van der Waals surface area contributed by atoms with Gasteiger partial charge in [0.2, 0.25) is 0 Å². The summed E-state index contributed by atoms with van der Waals surface area (Å²) >= 11 is 0. The largest absolute Gasteiger partial charge is 0.481 e. The average molecular weight is 222 g/mol. The number of carboxylic acids is 1. The molecule has 0 radical (unpaired) electrons. The second-order valence-electron chi connectivity index (χ2n) is 4.15. The first-order valence-electron chi connectivity index (χ1n) is 5.30. The molecule has 1 aromatic carbocycles. The molecule has 5 N–H and O–H groups in total. The Morgan fingerprint density at radius 2 is 1.94 bits per heavy atom. The Hall–Kier alpha value is -1.55. The Bertz CT molecular complexity index is 362.